The van der Waals surface area contributed by atoms with Crippen LogP contribution in [0.15, 0.2) is 66.4 Å². The first-order valence-corrected chi connectivity index (χ1v) is 19.7. The van der Waals surface area contributed by atoms with Gasteiger partial charge in [0.25, 0.3) is 0 Å². The van der Waals surface area contributed by atoms with Crippen molar-refractivity contribution in [3.8, 4) is 5.75 Å². The summed E-state index contributed by atoms with van der Waals surface area (Å²) in [5.41, 5.74) is 0.542. The fourth-order valence-electron chi connectivity index (χ4n) is 5.61. The Labute approximate surface area is 308 Å². The molecule has 0 aromatic heterocycles. The van der Waals surface area contributed by atoms with Crippen LogP contribution in [0.2, 0.25) is 0 Å². The minimum absolute atomic E-state index is 0.0369. The standard InChI is InChI=1S/C38H56N4O7S2/c1-25(2)31(23-26(3)34(44)41-51(47,48)24-28-15-13-12-14-16-28)42(11)36(46)33(37(5,6)7)40-35(45)32(39-10)38(8,9)29-17-19-30(20-18-29)49-21-22-50-27(4)43/h12-20,23,25-26,32-33,39H,21-22,24H2,1-11H3,(H,40,45)(H,41,44)/b31-23+/t26?,32-,33-/m1/s1. The zero-order chi connectivity index (χ0) is 38.7. The Balaban J connectivity index is 2.25. The minimum atomic E-state index is -3.95. The van der Waals surface area contributed by atoms with Crippen molar-refractivity contribution in [3.63, 3.8) is 0 Å². The van der Waals surface area contributed by atoms with Gasteiger partial charge in [-0.1, -0.05) is 109 Å². The van der Waals surface area contributed by atoms with E-state index in [2.05, 4.69) is 15.4 Å². The molecule has 0 spiro atoms. The van der Waals surface area contributed by atoms with E-state index < -0.39 is 44.8 Å². The molecule has 0 fully saturated rings. The highest BCUT2D eigenvalue weighted by Crippen LogP contribution is 2.31. The van der Waals surface area contributed by atoms with E-state index in [4.69, 9.17) is 4.74 Å². The van der Waals surface area contributed by atoms with E-state index in [0.29, 0.717) is 29.4 Å². The van der Waals surface area contributed by atoms with Crippen molar-refractivity contribution < 1.29 is 32.3 Å². The SMILES string of the molecule is CN[C@H](C(=O)N[C@H](C(=O)N(C)/C(=C/C(C)C(=O)NS(=O)(=O)Cc1ccccc1)C(C)C)C(C)(C)C)C(C)(C)c1ccc(OCCSC(C)=O)cc1. The normalized spacial score (nSPS) is 14.3. The maximum Gasteiger partial charge on any atom is 0.249 e. The molecule has 3 atom stereocenters. The first-order chi connectivity index (χ1) is 23.6. The van der Waals surface area contributed by atoms with Gasteiger partial charge in [-0.3, -0.25) is 23.9 Å². The Morgan fingerprint density at radius 1 is 0.902 bits per heavy atom. The van der Waals surface area contributed by atoms with Gasteiger partial charge in [-0.25, -0.2) is 8.42 Å². The van der Waals surface area contributed by atoms with Gasteiger partial charge in [-0.15, -0.1) is 0 Å². The lowest BCUT2D eigenvalue weighted by atomic mass is 9.76. The van der Waals surface area contributed by atoms with Crippen LogP contribution in [0.25, 0.3) is 0 Å². The molecule has 0 radical (unpaired) electrons. The van der Waals surface area contributed by atoms with E-state index in [1.54, 1.807) is 57.4 Å². The molecule has 3 N–H and O–H groups in total. The van der Waals surface area contributed by atoms with Crippen LogP contribution < -0.4 is 20.1 Å². The van der Waals surface area contributed by atoms with Crippen molar-refractivity contribution in [2.45, 2.75) is 85.6 Å². The maximum absolute atomic E-state index is 14.2. The molecular formula is C38H56N4O7S2. The van der Waals surface area contributed by atoms with E-state index in [9.17, 15) is 27.6 Å². The molecular weight excluding hydrogens is 689 g/mol. The lowest BCUT2D eigenvalue weighted by Gasteiger charge is -2.39. The van der Waals surface area contributed by atoms with Crippen molar-refractivity contribution in [2.24, 2.45) is 17.3 Å². The number of nitrogens with one attached hydrogen (secondary N) is 3. The maximum atomic E-state index is 14.2. The number of thioether (sulfide) groups is 1. The molecule has 0 heterocycles. The van der Waals surface area contributed by atoms with Crippen LogP contribution in [0.4, 0.5) is 0 Å². The number of ether oxygens (including phenoxy) is 1. The number of likely N-dealkylation sites (N-methyl/N-ethyl adjacent to an activating group) is 2. The van der Waals surface area contributed by atoms with Gasteiger partial charge in [0.2, 0.25) is 27.7 Å². The number of hydrogen-bond acceptors (Lipinski definition) is 9. The quantitative estimate of drug-likeness (QED) is 0.190. The second kappa shape index (κ2) is 18.7. The highest BCUT2D eigenvalue weighted by molar-refractivity contribution is 8.13. The van der Waals surface area contributed by atoms with Gasteiger partial charge < -0.3 is 20.3 Å². The number of allylic oxidation sites excluding steroid dienone is 1. The van der Waals surface area contributed by atoms with Gasteiger partial charge >= 0.3 is 0 Å². The average Bonchev–Trinajstić information content (AvgIpc) is 3.03. The molecule has 3 amide bonds. The average molecular weight is 745 g/mol. The molecule has 2 aromatic rings. The second-order valence-electron chi connectivity index (χ2n) is 14.6. The van der Waals surface area contributed by atoms with Crippen molar-refractivity contribution >= 4 is 44.6 Å². The zero-order valence-corrected chi connectivity index (χ0v) is 33.5. The molecule has 11 nitrogen and oxygen atoms in total. The minimum Gasteiger partial charge on any atom is -0.493 e. The molecule has 2 rings (SSSR count). The number of nitrogens with zero attached hydrogens (tertiary/aromatic N) is 1. The number of rotatable bonds is 17. The third-order valence-electron chi connectivity index (χ3n) is 8.53. The Kier molecular flexibility index (Phi) is 15.9. The van der Waals surface area contributed by atoms with Gasteiger partial charge in [0.05, 0.1) is 24.3 Å². The number of carbonyl (C=O) groups excluding carboxylic acids is 4. The molecule has 282 valence electrons. The van der Waals surface area contributed by atoms with Crippen molar-refractivity contribution in [2.75, 3.05) is 26.5 Å². The van der Waals surface area contributed by atoms with Crippen molar-refractivity contribution in [1.29, 1.82) is 0 Å². The summed E-state index contributed by atoms with van der Waals surface area (Å²) >= 11 is 1.20. The molecule has 1 unspecified atom stereocenters. The summed E-state index contributed by atoms with van der Waals surface area (Å²) in [5, 5.41) is 6.19. The number of hydrogen-bond donors (Lipinski definition) is 3. The monoisotopic (exact) mass is 744 g/mol. The summed E-state index contributed by atoms with van der Waals surface area (Å²) < 4.78 is 33.4. The van der Waals surface area contributed by atoms with Gasteiger partial charge in [-0.05, 0) is 48.6 Å². The fourth-order valence-corrected chi connectivity index (χ4v) is 7.26. The van der Waals surface area contributed by atoms with E-state index in [1.165, 1.54) is 23.6 Å². The Bertz CT molecular complexity index is 1630. The van der Waals surface area contributed by atoms with E-state index in [-0.39, 0.29) is 28.6 Å². The Hall–Kier alpha value is -3.68. The van der Waals surface area contributed by atoms with Gasteiger partial charge in [0, 0.05) is 30.8 Å². The Morgan fingerprint density at radius 3 is 2.00 bits per heavy atom. The summed E-state index contributed by atoms with van der Waals surface area (Å²) in [6, 6.07) is 14.4. The van der Waals surface area contributed by atoms with Gasteiger partial charge in [-0.2, -0.15) is 0 Å². The van der Waals surface area contributed by atoms with Crippen molar-refractivity contribution in [3.05, 3.63) is 77.5 Å². The van der Waals surface area contributed by atoms with E-state index in [1.807, 2.05) is 72.7 Å². The van der Waals surface area contributed by atoms with E-state index in [0.717, 1.165) is 5.56 Å². The number of carbonyl (C=O) groups is 4. The van der Waals surface area contributed by atoms with Gasteiger partial charge in [0.1, 0.15) is 11.8 Å². The summed E-state index contributed by atoms with van der Waals surface area (Å²) in [6.07, 6.45) is 1.59. The van der Waals surface area contributed by atoms with Crippen LogP contribution >= 0.6 is 11.8 Å². The largest absolute Gasteiger partial charge is 0.493 e. The lowest BCUT2D eigenvalue weighted by Crippen LogP contribution is -2.60. The zero-order valence-electron chi connectivity index (χ0n) is 31.8. The van der Waals surface area contributed by atoms with Crippen LogP contribution in [0.1, 0.15) is 73.4 Å². The second-order valence-corrected chi connectivity index (χ2v) is 17.6. The molecule has 0 aliphatic carbocycles. The molecule has 0 saturated carbocycles. The predicted molar refractivity (Wildman–Crippen MR) is 204 cm³/mol. The fraction of sp³-hybridized carbons (Fsp3) is 0.526. The Morgan fingerprint density at radius 2 is 1.49 bits per heavy atom. The van der Waals surface area contributed by atoms with E-state index >= 15 is 0 Å². The molecule has 13 heteroatoms. The predicted octanol–water partition coefficient (Wildman–Crippen LogP) is 5.02. The highest BCUT2D eigenvalue weighted by atomic mass is 32.2. The third-order valence-corrected chi connectivity index (χ3v) is 10.5. The van der Waals surface area contributed by atoms with Crippen LogP contribution in [0, 0.1) is 17.3 Å². The molecule has 0 aliphatic heterocycles. The van der Waals surface area contributed by atoms with Crippen LogP contribution in [-0.2, 0) is 40.4 Å². The van der Waals surface area contributed by atoms with Crippen LogP contribution in [-0.4, -0.2) is 74.7 Å². The summed E-state index contributed by atoms with van der Waals surface area (Å²) in [4.78, 5) is 53.8. The molecule has 0 aliphatic rings. The molecule has 51 heavy (non-hydrogen) atoms. The summed E-state index contributed by atoms with van der Waals surface area (Å²) in [5.74, 6) is -1.68. The number of amides is 3. The van der Waals surface area contributed by atoms with Crippen LogP contribution in [0.3, 0.4) is 0 Å². The number of benzene rings is 2. The van der Waals surface area contributed by atoms with Crippen LogP contribution in [0.5, 0.6) is 5.75 Å². The molecule has 2 aromatic carbocycles. The highest BCUT2D eigenvalue weighted by Gasteiger charge is 2.41. The number of sulfonamides is 1. The molecule has 0 saturated heterocycles. The summed E-state index contributed by atoms with van der Waals surface area (Å²) in [7, 11) is -0.659. The molecule has 0 bridgehead atoms. The third kappa shape index (κ3) is 13.1. The first-order valence-electron chi connectivity index (χ1n) is 17.0. The topological polar surface area (TPSA) is 151 Å². The van der Waals surface area contributed by atoms with Crippen molar-refractivity contribution in [1.82, 2.24) is 20.3 Å². The smallest absolute Gasteiger partial charge is 0.249 e. The first kappa shape index (κ1) is 43.5. The summed E-state index contributed by atoms with van der Waals surface area (Å²) in [6.45, 7) is 16.7. The lowest BCUT2D eigenvalue weighted by molar-refractivity contribution is -0.138. The van der Waals surface area contributed by atoms with Gasteiger partial charge in [0.15, 0.2) is 5.12 Å².